The van der Waals surface area contributed by atoms with Gasteiger partial charge in [-0.3, -0.25) is 9.78 Å². The zero-order chi connectivity index (χ0) is 22.9. The average Bonchev–Trinajstić information content (AvgIpc) is 3.38. The number of aryl methyl sites for hydroxylation is 2. The van der Waals surface area contributed by atoms with Gasteiger partial charge in [-0.1, -0.05) is 36.6 Å². The van der Waals surface area contributed by atoms with Crippen LogP contribution in [0.15, 0.2) is 47.2 Å². The lowest BCUT2D eigenvalue weighted by atomic mass is 9.89. The Bertz CT molecular complexity index is 1270. The van der Waals surface area contributed by atoms with E-state index in [1.165, 1.54) is 32.1 Å². The Labute approximate surface area is 194 Å². The first kappa shape index (κ1) is 21.4. The van der Waals surface area contributed by atoms with Crippen LogP contribution in [-0.4, -0.2) is 27.7 Å². The lowest BCUT2D eigenvalue weighted by Gasteiger charge is -2.22. The monoisotopic (exact) mass is 442 g/mol. The Kier molecular flexibility index (Phi) is 5.75. The van der Waals surface area contributed by atoms with E-state index in [9.17, 15) is 4.79 Å². The van der Waals surface area contributed by atoms with E-state index in [4.69, 9.17) is 9.51 Å². The Morgan fingerprint density at radius 3 is 2.55 bits per heavy atom. The van der Waals surface area contributed by atoms with Gasteiger partial charge in [-0.25, -0.2) is 0 Å². The predicted octanol–water partition coefficient (Wildman–Crippen LogP) is 5.92. The third-order valence-corrected chi connectivity index (χ3v) is 6.90. The second-order valence-electron chi connectivity index (χ2n) is 9.15. The molecule has 1 N–H and O–H groups in total. The van der Waals surface area contributed by atoms with Crippen LogP contribution < -0.4 is 5.32 Å². The number of benzene rings is 1. The summed E-state index contributed by atoms with van der Waals surface area (Å²) in [5, 5.41) is 6.81. The highest BCUT2D eigenvalue weighted by Gasteiger charge is 2.20. The van der Waals surface area contributed by atoms with Gasteiger partial charge in [0, 0.05) is 48.2 Å². The number of nitrogens with one attached hydrogen (secondary N) is 1. The lowest BCUT2D eigenvalue weighted by Crippen LogP contribution is -2.17. The second-order valence-corrected chi connectivity index (χ2v) is 9.15. The van der Waals surface area contributed by atoms with Gasteiger partial charge in [0.2, 0.25) is 0 Å². The van der Waals surface area contributed by atoms with E-state index in [1.807, 2.05) is 44.3 Å². The summed E-state index contributed by atoms with van der Waals surface area (Å²) in [4.78, 5) is 16.9. The number of rotatable bonds is 5. The summed E-state index contributed by atoms with van der Waals surface area (Å²) >= 11 is 0. The number of carbonyl (C=O) groups is 1. The van der Waals surface area contributed by atoms with Gasteiger partial charge < -0.3 is 14.4 Å². The number of carbonyl (C=O) groups excluding carboxylic acids is 1. The van der Waals surface area contributed by atoms with Crippen LogP contribution in [0.25, 0.3) is 33.3 Å². The van der Waals surface area contributed by atoms with Crippen molar-refractivity contribution in [2.45, 2.75) is 52.5 Å². The molecule has 0 atom stereocenters. The van der Waals surface area contributed by atoms with Gasteiger partial charge in [0.25, 0.3) is 5.91 Å². The molecule has 1 fully saturated rings. The highest BCUT2D eigenvalue weighted by atomic mass is 16.5. The lowest BCUT2D eigenvalue weighted by molar-refractivity contribution is 0.0963. The minimum Gasteiger partial charge on any atom is -0.361 e. The zero-order valence-corrected chi connectivity index (χ0v) is 19.5. The minimum absolute atomic E-state index is 0.0801. The fraction of sp³-hybridized carbons (Fsp3) is 0.370. The third-order valence-electron chi connectivity index (χ3n) is 6.90. The Hall–Kier alpha value is -3.41. The van der Waals surface area contributed by atoms with Gasteiger partial charge in [-0.2, -0.15) is 0 Å². The number of fused-ring (bicyclic) bond motifs is 1. The van der Waals surface area contributed by atoms with E-state index in [-0.39, 0.29) is 5.91 Å². The van der Waals surface area contributed by atoms with Crippen molar-refractivity contribution < 1.29 is 9.32 Å². The molecular weight excluding hydrogens is 412 g/mol. The number of pyridine rings is 1. The first-order valence-corrected chi connectivity index (χ1v) is 11.8. The highest BCUT2D eigenvalue weighted by molar-refractivity contribution is 5.97. The summed E-state index contributed by atoms with van der Waals surface area (Å²) in [7, 11) is 1.65. The second kappa shape index (κ2) is 8.85. The van der Waals surface area contributed by atoms with Crippen molar-refractivity contribution in [3.63, 3.8) is 0 Å². The fourth-order valence-electron chi connectivity index (χ4n) is 5.15. The Morgan fingerprint density at radius 1 is 1.12 bits per heavy atom. The molecule has 0 saturated heterocycles. The molecule has 0 radical (unpaired) electrons. The summed E-state index contributed by atoms with van der Waals surface area (Å²) in [6.07, 6.45) is 10.7. The van der Waals surface area contributed by atoms with Crippen LogP contribution >= 0.6 is 0 Å². The van der Waals surface area contributed by atoms with E-state index in [2.05, 4.69) is 27.3 Å². The number of hydrogen-bond donors (Lipinski definition) is 1. The third kappa shape index (κ3) is 4.06. The largest absolute Gasteiger partial charge is 0.361 e. The minimum atomic E-state index is -0.0801. The molecule has 170 valence electrons. The van der Waals surface area contributed by atoms with Crippen LogP contribution in [0.5, 0.6) is 0 Å². The SMILES string of the molecule is CNC(=O)c1ccc(-c2cn(CC3CCCCC3)c3cc(-c4c(C)noc4C)cnc23)cc1. The normalized spacial score (nSPS) is 14.6. The van der Waals surface area contributed by atoms with Gasteiger partial charge in [0.15, 0.2) is 0 Å². The first-order valence-electron chi connectivity index (χ1n) is 11.8. The molecule has 1 aliphatic rings. The number of amides is 1. The predicted molar refractivity (Wildman–Crippen MR) is 130 cm³/mol. The fourth-order valence-corrected chi connectivity index (χ4v) is 5.15. The van der Waals surface area contributed by atoms with E-state index < -0.39 is 0 Å². The topological polar surface area (TPSA) is 73.0 Å². The average molecular weight is 443 g/mol. The summed E-state index contributed by atoms with van der Waals surface area (Å²) in [6.45, 7) is 4.91. The molecule has 1 aliphatic carbocycles. The molecule has 4 aromatic rings. The molecule has 1 amide bonds. The van der Waals surface area contributed by atoms with Crippen LogP contribution in [-0.2, 0) is 6.54 Å². The standard InChI is InChI=1S/C27H30N4O2/c1-17-25(18(2)33-30-17)22-13-24-26(29-14-22)23(16-31(24)15-19-7-5-4-6-8-19)20-9-11-21(12-10-20)27(32)28-3/h9-14,16,19H,4-8,15H2,1-3H3,(H,28,32). The Balaban J connectivity index is 1.61. The van der Waals surface area contributed by atoms with Crippen molar-refractivity contribution in [2.75, 3.05) is 7.05 Å². The smallest absolute Gasteiger partial charge is 0.251 e. The summed E-state index contributed by atoms with van der Waals surface area (Å²) in [6, 6.07) is 9.98. The van der Waals surface area contributed by atoms with E-state index in [0.717, 1.165) is 51.3 Å². The molecule has 0 bridgehead atoms. The summed E-state index contributed by atoms with van der Waals surface area (Å²) in [5.74, 6) is 1.42. The maximum Gasteiger partial charge on any atom is 0.251 e. The molecule has 6 nitrogen and oxygen atoms in total. The van der Waals surface area contributed by atoms with Crippen molar-refractivity contribution in [1.29, 1.82) is 0 Å². The van der Waals surface area contributed by atoms with Crippen molar-refractivity contribution in [3.8, 4) is 22.3 Å². The van der Waals surface area contributed by atoms with Crippen molar-refractivity contribution in [1.82, 2.24) is 20.0 Å². The van der Waals surface area contributed by atoms with E-state index >= 15 is 0 Å². The van der Waals surface area contributed by atoms with Gasteiger partial charge >= 0.3 is 0 Å². The molecule has 0 aliphatic heterocycles. The maximum absolute atomic E-state index is 12.0. The molecule has 1 saturated carbocycles. The van der Waals surface area contributed by atoms with Gasteiger partial charge in [0.1, 0.15) is 5.76 Å². The van der Waals surface area contributed by atoms with Gasteiger partial charge in [-0.15, -0.1) is 0 Å². The first-order chi connectivity index (χ1) is 16.0. The van der Waals surface area contributed by atoms with Gasteiger partial charge in [0.05, 0.1) is 16.7 Å². The molecule has 6 heteroatoms. The van der Waals surface area contributed by atoms with Crippen LogP contribution in [0.1, 0.15) is 53.9 Å². The molecule has 3 aromatic heterocycles. The molecule has 33 heavy (non-hydrogen) atoms. The zero-order valence-electron chi connectivity index (χ0n) is 19.5. The van der Waals surface area contributed by atoms with E-state index in [1.54, 1.807) is 7.05 Å². The molecular formula is C27H30N4O2. The van der Waals surface area contributed by atoms with Crippen molar-refractivity contribution >= 4 is 16.9 Å². The highest BCUT2D eigenvalue weighted by Crippen LogP contribution is 2.35. The summed E-state index contributed by atoms with van der Waals surface area (Å²) < 4.78 is 7.79. The molecule has 1 aromatic carbocycles. The number of aromatic nitrogens is 3. The van der Waals surface area contributed by atoms with E-state index in [0.29, 0.717) is 11.5 Å². The molecule has 3 heterocycles. The van der Waals surface area contributed by atoms with Crippen molar-refractivity contribution in [2.24, 2.45) is 5.92 Å². The number of nitrogens with zero attached hydrogens (tertiary/aromatic N) is 3. The van der Waals surface area contributed by atoms with Crippen LogP contribution in [0.2, 0.25) is 0 Å². The summed E-state index contributed by atoms with van der Waals surface area (Å²) in [5.41, 5.74) is 7.85. The van der Waals surface area contributed by atoms with Gasteiger partial charge in [-0.05, 0) is 56.4 Å². The van der Waals surface area contributed by atoms with Crippen LogP contribution in [0.4, 0.5) is 0 Å². The van der Waals surface area contributed by atoms with Crippen LogP contribution in [0.3, 0.4) is 0 Å². The van der Waals surface area contributed by atoms with Crippen LogP contribution in [0, 0.1) is 19.8 Å². The quantitative estimate of drug-likeness (QED) is 0.417. The van der Waals surface area contributed by atoms with Crippen molar-refractivity contribution in [3.05, 3.63) is 59.7 Å². The molecule has 5 rings (SSSR count). The number of hydrogen-bond acceptors (Lipinski definition) is 4. The molecule has 0 spiro atoms. The maximum atomic E-state index is 12.0. The molecule has 0 unspecified atom stereocenters. The Morgan fingerprint density at radius 2 is 1.88 bits per heavy atom.